The van der Waals surface area contributed by atoms with E-state index < -0.39 is 9.84 Å². The molecule has 0 aliphatic rings. The van der Waals surface area contributed by atoms with E-state index >= 15 is 0 Å². The zero-order valence-electron chi connectivity index (χ0n) is 8.87. The van der Waals surface area contributed by atoms with Crippen molar-refractivity contribution >= 4 is 9.84 Å². The van der Waals surface area contributed by atoms with Gasteiger partial charge in [-0.3, -0.25) is 0 Å². The summed E-state index contributed by atoms with van der Waals surface area (Å²) in [6.45, 7) is 0. The third-order valence-corrected chi connectivity index (χ3v) is 2.90. The van der Waals surface area contributed by atoms with Crippen LogP contribution >= 0.6 is 0 Å². The monoisotopic (exact) mass is 236 g/mol. The van der Waals surface area contributed by atoms with Crippen molar-refractivity contribution in [2.75, 3.05) is 6.26 Å². The lowest BCUT2D eigenvalue weighted by molar-refractivity contribution is 0.600. The van der Waals surface area contributed by atoms with Crippen molar-refractivity contribution < 1.29 is 8.42 Å². The summed E-state index contributed by atoms with van der Waals surface area (Å²) >= 11 is 0. The van der Waals surface area contributed by atoms with Gasteiger partial charge in [0.15, 0.2) is 9.84 Å². The van der Waals surface area contributed by atoms with Gasteiger partial charge in [0.25, 0.3) is 0 Å². The number of benzene rings is 1. The van der Waals surface area contributed by atoms with E-state index in [2.05, 4.69) is 5.10 Å². The van der Waals surface area contributed by atoms with Gasteiger partial charge < -0.3 is 0 Å². The topological polar surface area (TPSA) is 52.0 Å². The third-order valence-electron chi connectivity index (χ3n) is 2.08. The van der Waals surface area contributed by atoms with E-state index in [0.717, 1.165) is 5.69 Å². The molecular weight excluding hydrogens is 224 g/mol. The van der Waals surface area contributed by atoms with Crippen LogP contribution in [0.3, 0.4) is 0 Å². The maximum absolute atomic E-state index is 11.1. The molecule has 0 unspecified atom stereocenters. The molecule has 0 bridgehead atoms. The van der Waals surface area contributed by atoms with E-state index in [1.165, 1.54) is 6.26 Å². The van der Waals surface area contributed by atoms with E-state index in [1.807, 2.05) is 30.3 Å². The van der Waals surface area contributed by atoms with E-state index in [4.69, 9.17) is 0 Å². The molecule has 0 saturated carbocycles. The minimum atomic E-state index is -3.02. The second-order valence-corrected chi connectivity index (χ2v) is 5.80. The summed E-state index contributed by atoms with van der Waals surface area (Å²) in [5.41, 5.74) is 1.48. The van der Waals surface area contributed by atoms with Crippen LogP contribution in [0.25, 0.3) is 5.69 Å². The summed E-state index contributed by atoms with van der Waals surface area (Å²) in [5, 5.41) is 4.20. The summed E-state index contributed by atoms with van der Waals surface area (Å²) in [5.74, 6) is -0.0210. The quantitative estimate of drug-likeness (QED) is 0.809. The van der Waals surface area contributed by atoms with Crippen LogP contribution in [-0.2, 0) is 15.6 Å². The zero-order chi connectivity index (χ0) is 11.6. The zero-order valence-corrected chi connectivity index (χ0v) is 9.68. The summed E-state index contributed by atoms with van der Waals surface area (Å²) in [4.78, 5) is 0. The van der Waals surface area contributed by atoms with Gasteiger partial charge >= 0.3 is 0 Å². The molecule has 0 atom stereocenters. The molecule has 16 heavy (non-hydrogen) atoms. The van der Waals surface area contributed by atoms with Crippen molar-refractivity contribution in [2.24, 2.45) is 0 Å². The van der Waals surface area contributed by atoms with Crippen LogP contribution in [0.2, 0.25) is 0 Å². The molecule has 1 aromatic carbocycles. The molecule has 0 aliphatic carbocycles. The molecular formula is C11H12N2O2S. The molecule has 5 heteroatoms. The molecule has 1 aromatic heterocycles. The molecule has 0 aliphatic heterocycles. The first-order valence-electron chi connectivity index (χ1n) is 4.82. The Morgan fingerprint density at radius 1 is 1.19 bits per heavy atom. The van der Waals surface area contributed by atoms with E-state index in [0.29, 0.717) is 5.69 Å². The standard InChI is InChI=1S/C11H12N2O2S/c1-16(14,15)9-10-7-8-13(12-10)11-5-3-2-4-6-11/h2-8H,9H2,1H3. The van der Waals surface area contributed by atoms with Crippen LogP contribution < -0.4 is 0 Å². The minimum Gasteiger partial charge on any atom is -0.241 e. The van der Waals surface area contributed by atoms with Gasteiger partial charge in [0.2, 0.25) is 0 Å². The Kier molecular flexibility index (Phi) is 2.78. The molecule has 2 rings (SSSR count). The average molecular weight is 236 g/mol. The smallest absolute Gasteiger partial charge is 0.153 e. The number of sulfone groups is 1. The minimum absolute atomic E-state index is 0.0210. The summed E-state index contributed by atoms with van der Waals surface area (Å²) < 4.78 is 23.9. The van der Waals surface area contributed by atoms with Crippen LogP contribution in [0.5, 0.6) is 0 Å². The largest absolute Gasteiger partial charge is 0.241 e. The number of nitrogens with zero attached hydrogens (tertiary/aromatic N) is 2. The first-order valence-corrected chi connectivity index (χ1v) is 6.88. The maximum atomic E-state index is 11.1. The first-order chi connectivity index (χ1) is 7.54. The lowest BCUT2D eigenvalue weighted by atomic mass is 10.3. The molecule has 4 nitrogen and oxygen atoms in total. The van der Waals surface area contributed by atoms with Crippen molar-refractivity contribution in [1.82, 2.24) is 9.78 Å². The van der Waals surface area contributed by atoms with Crippen LogP contribution in [0.1, 0.15) is 5.69 Å². The number of hydrogen-bond donors (Lipinski definition) is 0. The molecule has 1 heterocycles. The fourth-order valence-corrected chi connectivity index (χ4v) is 2.12. The van der Waals surface area contributed by atoms with Gasteiger partial charge in [-0.15, -0.1) is 0 Å². The lowest BCUT2D eigenvalue weighted by Gasteiger charge is -1.99. The highest BCUT2D eigenvalue weighted by molar-refractivity contribution is 7.89. The molecule has 0 amide bonds. The highest BCUT2D eigenvalue weighted by Crippen LogP contribution is 2.08. The van der Waals surface area contributed by atoms with Crippen molar-refractivity contribution in [3.63, 3.8) is 0 Å². The fraction of sp³-hybridized carbons (Fsp3) is 0.182. The van der Waals surface area contributed by atoms with Gasteiger partial charge in [-0.2, -0.15) is 5.10 Å². The maximum Gasteiger partial charge on any atom is 0.153 e. The summed E-state index contributed by atoms with van der Waals surface area (Å²) in [7, 11) is -3.02. The number of para-hydroxylation sites is 1. The number of rotatable bonds is 3. The molecule has 0 spiro atoms. The SMILES string of the molecule is CS(=O)(=O)Cc1ccn(-c2ccccc2)n1. The van der Waals surface area contributed by atoms with Gasteiger partial charge in [-0.25, -0.2) is 13.1 Å². The van der Waals surface area contributed by atoms with Crippen molar-refractivity contribution in [3.05, 3.63) is 48.3 Å². The number of aromatic nitrogens is 2. The van der Waals surface area contributed by atoms with E-state index in [1.54, 1.807) is 16.9 Å². The van der Waals surface area contributed by atoms with Crippen molar-refractivity contribution in [2.45, 2.75) is 5.75 Å². The van der Waals surface area contributed by atoms with Crippen LogP contribution in [-0.4, -0.2) is 24.5 Å². The molecule has 0 saturated heterocycles. The Bertz CT molecular complexity index is 573. The first kappa shape index (κ1) is 10.9. The van der Waals surface area contributed by atoms with Gasteiger partial charge in [-0.05, 0) is 18.2 Å². The molecule has 2 aromatic rings. The predicted molar refractivity (Wildman–Crippen MR) is 62.1 cm³/mol. The second kappa shape index (κ2) is 4.09. The number of hydrogen-bond acceptors (Lipinski definition) is 3. The third kappa shape index (κ3) is 2.70. The Morgan fingerprint density at radius 3 is 2.50 bits per heavy atom. The van der Waals surface area contributed by atoms with Gasteiger partial charge in [-0.1, -0.05) is 18.2 Å². The summed E-state index contributed by atoms with van der Waals surface area (Å²) in [6.07, 6.45) is 2.96. The predicted octanol–water partition coefficient (Wildman–Crippen LogP) is 1.42. The van der Waals surface area contributed by atoms with Gasteiger partial charge in [0.1, 0.15) is 0 Å². The molecule has 0 fully saturated rings. The normalized spacial score (nSPS) is 11.6. The lowest BCUT2D eigenvalue weighted by Crippen LogP contribution is -2.02. The van der Waals surface area contributed by atoms with Crippen LogP contribution in [0.4, 0.5) is 0 Å². The Balaban J connectivity index is 2.27. The molecule has 84 valence electrons. The molecule has 0 radical (unpaired) electrons. The van der Waals surface area contributed by atoms with Gasteiger partial charge in [0, 0.05) is 12.5 Å². The Morgan fingerprint density at radius 2 is 1.88 bits per heavy atom. The van der Waals surface area contributed by atoms with Crippen molar-refractivity contribution in [3.8, 4) is 5.69 Å². The Hall–Kier alpha value is -1.62. The van der Waals surface area contributed by atoms with Crippen molar-refractivity contribution in [1.29, 1.82) is 0 Å². The highest BCUT2D eigenvalue weighted by atomic mass is 32.2. The average Bonchev–Trinajstić information content (AvgIpc) is 2.65. The fourth-order valence-electron chi connectivity index (χ4n) is 1.43. The Labute approximate surface area is 94.5 Å². The highest BCUT2D eigenvalue weighted by Gasteiger charge is 2.07. The van der Waals surface area contributed by atoms with E-state index in [-0.39, 0.29) is 5.75 Å². The second-order valence-electron chi connectivity index (χ2n) is 3.66. The molecule has 0 N–H and O–H groups in total. The van der Waals surface area contributed by atoms with Gasteiger partial charge in [0.05, 0.1) is 17.1 Å². The van der Waals surface area contributed by atoms with Crippen LogP contribution in [0.15, 0.2) is 42.6 Å². The van der Waals surface area contributed by atoms with Crippen LogP contribution in [0, 0.1) is 0 Å². The van der Waals surface area contributed by atoms with E-state index in [9.17, 15) is 8.42 Å². The summed E-state index contributed by atoms with van der Waals surface area (Å²) in [6, 6.07) is 11.3.